The molecule has 1 rings (SSSR count). The fourth-order valence-corrected chi connectivity index (χ4v) is 1.30. The van der Waals surface area contributed by atoms with Crippen LogP contribution >= 0.6 is 0 Å². The molecule has 1 aromatic heterocycles. The molecule has 0 atom stereocenters. The number of aryl methyl sites for hydroxylation is 2. The molecule has 1 aromatic rings. The van der Waals surface area contributed by atoms with E-state index in [4.69, 9.17) is 5.11 Å². The highest BCUT2D eigenvalue weighted by atomic mass is 16.3. The van der Waals surface area contributed by atoms with Gasteiger partial charge in [0.25, 0.3) is 0 Å². The van der Waals surface area contributed by atoms with Crippen molar-refractivity contribution in [2.24, 2.45) is 0 Å². The molecule has 0 saturated carbocycles. The van der Waals surface area contributed by atoms with E-state index in [0.29, 0.717) is 6.54 Å². The Morgan fingerprint density at radius 3 is 2.71 bits per heavy atom. The first kappa shape index (κ1) is 11.1. The van der Waals surface area contributed by atoms with Crippen molar-refractivity contribution in [1.82, 2.24) is 15.1 Å². The number of nitrogens with zero attached hydrogens (tertiary/aromatic N) is 3. The van der Waals surface area contributed by atoms with Crippen LogP contribution in [0.15, 0.2) is 6.07 Å². The van der Waals surface area contributed by atoms with Crippen LogP contribution in [0.25, 0.3) is 0 Å². The summed E-state index contributed by atoms with van der Waals surface area (Å²) in [5.74, 6) is 0. The highest BCUT2D eigenvalue weighted by molar-refractivity contribution is 5.19. The van der Waals surface area contributed by atoms with Crippen LogP contribution in [-0.2, 0) is 6.54 Å². The predicted molar refractivity (Wildman–Crippen MR) is 54.9 cm³/mol. The molecular formula is C10H17N3O. The molecule has 0 saturated heterocycles. The molecule has 1 heterocycles. The van der Waals surface area contributed by atoms with E-state index in [0.717, 1.165) is 17.9 Å². The van der Waals surface area contributed by atoms with Crippen molar-refractivity contribution in [2.45, 2.75) is 20.4 Å². The van der Waals surface area contributed by atoms with Gasteiger partial charge in [0.1, 0.15) is 0 Å². The molecule has 0 radical (unpaired) electrons. The van der Waals surface area contributed by atoms with Crippen LogP contribution in [0.2, 0.25) is 0 Å². The third-order valence-electron chi connectivity index (χ3n) is 2.13. The summed E-state index contributed by atoms with van der Waals surface area (Å²) in [6.07, 6.45) is 0. The topological polar surface area (TPSA) is 49.2 Å². The monoisotopic (exact) mass is 195 g/mol. The lowest BCUT2D eigenvalue weighted by molar-refractivity contribution is 0.217. The van der Waals surface area contributed by atoms with E-state index >= 15 is 0 Å². The Balaban J connectivity index is 2.70. The van der Waals surface area contributed by atoms with Crippen LogP contribution in [-0.4, -0.2) is 40.4 Å². The van der Waals surface area contributed by atoms with Gasteiger partial charge in [0.15, 0.2) is 0 Å². The molecule has 0 aliphatic carbocycles. The van der Waals surface area contributed by atoms with Gasteiger partial charge in [0, 0.05) is 13.1 Å². The summed E-state index contributed by atoms with van der Waals surface area (Å²) in [6, 6.07) is 2.04. The van der Waals surface area contributed by atoms with Crippen molar-refractivity contribution in [3.05, 3.63) is 23.0 Å². The third kappa shape index (κ3) is 3.05. The number of aliphatic hydroxyl groups excluding tert-OH is 1. The van der Waals surface area contributed by atoms with Crippen LogP contribution in [0.5, 0.6) is 0 Å². The van der Waals surface area contributed by atoms with Crippen molar-refractivity contribution in [3.63, 3.8) is 0 Å². The van der Waals surface area contributed by atoms with Gasteiger partial charge in [0.2, 0.25) is 0 Å². The summed E-state index contributed by atoms with van der Waals surface area (Å²) in [5, 5.41) is 16.8. The van der Waals surface area contributed by atoms with Crippen molar-refractivity contribution < 1.29 is 5.11 Å². The molecular weight excluding hydrogens is 178 g/mol. The molecule has 0 fully saturated rings. The normalized spacial score (nSPS) is 10.9. The van der Waals surface area contributed by atoms with E-state index in [9.17, 15) is 0 Å². The van der Waals surface area contributed by atoms with Crippen molar-refractivity contribution in [1.29, 1.82) is 0 Å². The minimum atomic E-state index is 0.188. The van der Waals surface area contributed by atoms with E-state index in [1.54, 1.807) is 0 Å². The molecule has 78 valence electrons. The Hall–Kier alpha value is -1.00. The number of hydrogen-bond donors (Lipinski definition) is 1. The van der Waals surface area contributed by atoms with E-state index < -0.39 is 0 Å². The first-order valence-electron chi connectivity index (χ1n) is 4.72. The third-order valence-corrected chi connectivity index (χ3v) is 2.13. The first-order valence-corrected chi connectivity index (χ1v) is 4.72. The van der Waals surface area contributed by atoms with Crippen LogP contribution in [0.1, 0.15) is 17.0 Å². The largest absolute Gasteiger partial charge is 0.395 e. The molecule has 4 nitrogen and oxygen atoms in total. The standard InChI is InChI=1S/C10H17N3O/c1-8-6-10(9(2)12-11-8)7-13(3)4-5-14/h6,14H,4-5,7H2,1-3H3. The summed E-state index contributed by atoms with van der Waals surface area (Å²) < 4.78 is 0. The Labute approximate surface area is 84.6 Å². The smallest absolute Gasteiger partial charge is 0.0645 e. The summed E-state index contributed by atoms with van der Waals surface area (Å²) in [7, 11) is 1.98. The summed E-state index contributed by atoms with van der Waals surface area (Å²) >= 11 is 0. The van der Waals surface area contributed by atoms with E-state index in [-0.39, 0.29) is 6.61 Å². The quantitative estimate of drug-likeness (QED) is 0.761. The number of aromatic nitrogens is 2. The zero-order valence-corrected chi connectivity index (χ0v) is 8.99. The van der Waals surface area contributed by atoms with Gasteiger partial charge in [-0.1, -0.05) is 0 Å². The molecule has 4 heteroatoms. The minimum Gasteiger partial charge on any atom is -0.395 e. The van der Waals surface area contributed by atoms with Gasteiger partial charge in [-0.2, -0.15) is 10.2 Å². The van der Waals surface area contributed by atoms with Gasteiger partial charge in [-0.25, -0.2) is 0 Å². The fraction of sp³-hybridized carbons (Fsp3) is 0.600. The lowest BCUT2D eigenvalue weighted by atomic mass is 10.2. The van der Waals surface area contributed by atoms with Gasteiger partial charge in [-0.15, -0.1) is 0 Å². The van der Waals surface area contributed by atoms with Crippen LogP contribution in [0.3, 0.4) is 0 Å². The Bertz CT molecular complexity index is 301. The molecule has 0 aliphatic rings. The predicted octanol–water partition coefficient (Wildman–Crippen LogP) is 0.518. The summed E-state index contributed by atoms with van der Waals surface area (Å²) in [5.41, 5.74) is 3.07. The van der Waals surface area contributed by atoms with Crippen LogP contribution in [0, 0.1) is 13.8 Å². The average molecular weight is 195 g/mol. The molecule has 1 N–H and O–H groups in total. The Morgan fingerprint density at radius 2 is 2.07 bits per heavy atom. The molecule has 0 bridgehead atoms. The van der Waals surface area contributed by atoms with Crippen molar-refractivity contribution >= 4 is 0 Å². The molecule has 0 aromatic carbocycles. The second-order valence-corrected chi connectivity index (χ2v) is 3.56. The van der Waals surface area contributed by atoms with Crippen molar-refractivity contribution in [3.8, 4) is 0 Å². The zero-order valence-electron chi connectivity index (χ0n) is 8.99. The molecule has 0 amide bonds. The van der Waals surface area contributed by atoms with Gasteiger partial charge < -0.3 is 5.11 Å². The van der Waals surface area contributed by atoms with E-state index in [1.165, 1.54) is 5.56 Å². The number of hydrogen-bond acceptors (Lipinski definition) is 4. The SMILES string of the molecule is Cc1cc(CN(C)CCO)c(C)nn1. The maximum Gasteiger partial charge on any atom is 0.0645 e. The fourth-order valence-electron chi connectivity index (χ4n) is 1.30. The highest BCUT2D eigenvalue weighted by Crippen LogP contribution is 2.07. The average Bonchev–Trinajstić information content (AvgIpc) is 2.12. The molecule has 14 heavy (non-hydrogen) atoms. The summed E-state index contributed by atoms with van der Waals surface area (Å²) in [6.45, 7) is 5.56. The van der Waals surface area contributed by atoms with Crippen LogP contribution in [0.4, 0.5) is 0 Å². The Morgan fingerprint density at radius 1 is 1.36 bits per heavy atom. The lowest BCUT2D eigenvalue weighted by Crippen LogP contribution is -2.22. The first-order chi connectivity index (χ1) is 6.63. The summed E-state index contributed by atoms with van der Waals surface area (Å²) in [4.78, 5) is 2.06. The second kappa shape index (κ2) is 5.02. The van der Waals surface area contributed by atoms with Gasteiger partial charge >= 0.3 is 0 Å². The zero-order chi connectivity index (χ0) is 10.6. The van der Waals surface area contributed by atoms with Gasteiger partial charge in [-0.3, -0.25) is 4.90 Å². The molecule has 0 unspecified atom stereocenters. The van der Waals surface area contributed by atoms with E-state index in [1.807, 2.05) is 27.0 Å². The number of aliphatic hydroxyl groups is 1. The lowest BCUT2D eigenvalue weighted by Gasteiger charge is -2.15. The second-order valence-electron chi connectivity index (χ2n) is 3.56. The number of likely N-dealkylation sites (N-methyl/N-ethyl adjacent to an activating group) is 1. The highest BCUT2D eigenvalue weighted by Gasteiger charge is 2.04. The maximum absolute atomic E-state index is 8.77. The number of rotatable bonds is 4. The molecule has 0 aliphatic heterocycles. The van der Waals surface area contributed by atoms with Crippen molar-refractivity contribution in [2.75, 3.05) is 20.2 Å². The maximum atomic E-state index is 8.77. The van der Waals surface area contributed by atoms with Crippen LogP contribution < -0.4 is 0 Å². The van der Waals surface area contributed by atoms with Gasteiger partial charge in [0.05, 0.1) is 18.0 Å². The minimum absolute atomic E-state index is 0.188. The molecule has 0 spiro atoms. The van der Waals surface area contributed by atoms with E-state index in [2.05, 4.69) is 15.1 Å². The van der Waals surface area contributed by atoms with Gasteiger partial charge in [-0.05, 0) is 32.5 Å². The Kier molecular flexibility index (Phi) is 3.98.